The van der Waals surface area contributed by atoms with Crippen LogP contribution in [-0.2, 0) is 5.41 Å². The summed E-state index contributed by atoms with van der Waals surface area (Å²) < 4.78 is 0. The number of non-ortho nitro benzene ring substituents is 1. The lowest BCUT2D eigenvalue weighted by molar-refractivity contribution is -0.384. The lowest BCUT2D eigenvalue weighted by Gasteiger charge is -2.33. The number of hydrogen-bond donors (Lipinski definition) is 0. The second kappa shape index (κ2) is 12.5. The summed E-state index contributed by atoms with van der Waals surface area (Å²) in [5.74, 6) is 0. The van der Waals surface area contributed by atoms with Crippen molar-refractivity contribution in [2.45, 2.75) is 90.4 Å². The number of rotatable bonds is 13. The van der Waals surface area contributed by atoms with Gasteiger partial charge in [-0.3, -0.25) is 15.1 Å². The molecule has 0 heterocycles. The number of nitro groups is 1. The lowest BCUT2D eigenvalue weighted by atomic mass is 9.70. The highest BCUT2D eigenvalue weighted by molar-refractivity contribution is 6.14. The number of aliphatic imine (C=N–C) groups is 1. The third kappa shape index (κ3) is 5.45. The van der Waals surface area contributed by atoms with Crippen LogP contribution in [0.15, 0.2) is 65.7 Å². The molecule has 4 rings (SSSR count). The van der Waals surface area contributed by atoms with Crippen LogP contribution in [0, 0.1) is 17.0 Å². The summed E-state index contributed by atoms with van der Waals surface area (Å²) in [6, 6.07) is 20.7. The van der Waals surface area contributed by atoms with Crippen LogP contribution < -0.4 is 0 Å². The molecule has 0 saturated carbocycles. The first-order valence-corrected chi connectivity index (χ1v) is 14.4. The fourth-order valence-corrected chi connectivity index (χ4v) is 6.36. The number of fused-ring (bicyclic) bond motifs is 3. The van der Waals surface area contributed by atoms with Gasteiger partial charge in [0, 0.05) is 35.7 Å². The molecule has 3 aromatic carbocycles. The maximum absolute atomic E-state index is 11.8. The summed E-state index contributed by atoms with van der Waals surface area (Å²) in [7, 11) is 1.87. The van der Waals surface area contributed by atoms with Gasteiger partial charge in [0.25, 0.3) is 5.69 Å². The molecule has 4 heteroatoms. The maximum Gasteiger partial charge on any atom is 0.269 e. The first-order valence-electron chi connectivity index (χ1n) is 14.4. The van der Waals surface area contributed by atoms with Gasteiger partial charge in [-0.25, -0.2) is 0 Å². The third-order valence-corrected chi connectivity index (χ3v) is 8.37. The monoisotopic (exact) mass is 510 g/mol. The van der Waals surface area contributed by atoms with Crippen molar-refractivity contribution in [3.8, 4) is 11.1 Å². The average Bonchev–Trinajstić information content (AvgIpc) is 3.19. The van der Waals surface area contributed by atoms with Gasteiger partial charge in [0.15, 0.2) is 0 Å². The van der Waals surface area contributed by atoms with E-state index in [4.69, 9.17) is 4.99 Å². The molecule has 0 aromatic heterocycles. The smallest absolute Gasteiger partial charge is 0.269 e. The van der Waals surface area contributed by atoms with Crippen molar-refractivity contribution >= 4 is 11.4 Å². The van der Waals surface area contributed by atoms with Crippen molar-refractivity contribution in [2.75, 3.05) is 7.05 Å². The lowest BCUT2D eigenvalue weighted by Crippen LogP contribution is -2.26. The van der Waals surface area contributed by atoms with E-state index in [1.54, 1.807) is 6.07 Å². The molecule has 4 nitrogen and oxygen atoms in total. The standard InChI is InChI=1S/C34H42N2O2/c1-5-7-9-13-21-34(22-14-10-8-6-2)31-23-26(33(35-4)28-16-12-11-15-25(28)3)17-19-29(31)30-20-18-27(36(37)38)24-32(30)34/h11-12,15-20,23-24H,5-10,13-14,21-22H2,1-4H3/b35-33+. The molecule has 200 valence electrons. The summed E-state index contributed by atoms with van der Waals surface area (Å²) in [6.45, 7) is 6.62. The van der Waals surface area contributed by atoms with Crippen molar-refractivity contribution < 1.29 is 4.92 Å². The van der Waals surface area contributed by atoms with Crippen LogP contribution in [0.1, 0.15) is 106 Å². The fraction of sp³-hybridized carbons (Fsp3) is 0.441. The van der Waals surface area contributed by atoms with Gasteiger partial charge in [0.05, 0.1) is 10.6 Å². The number of hydrogen-bond acceptors (Lipinski definition) is 3. The van der Waals surface area contributed by atoms with Gasteiger partial charge in [-0.15, -0.1) is 0 Å². The molecule has 0 saturated heterocycles. The topological polar surface area (TPSA) is 55.5 Å². The summed E-state index contributed by atoms with van der Waals surface area (Å²) in [6.07, 6.45) is 11.5. The third-order valence-electron chi connectivity index (χ3n) is 8.37. The SMILES string of the molecule is CCCCCCC1(CCCCCC)c2cc(/C(=N\C)c3ccccc3C)ccc2-c2ccc([N+](=O)[O-])cc21. The molecule has 1 aliphatic carbocycles. The van der Waals surface area contributed by atoms with Gasteiger partial charge >= 0.3 is 0 Å². The Hall–Kier alpha value is -3.27. The largest absolute Gasteiger partial charge is 0.287 e. The zero-order valence-electron chi connectivity index (χ0n) is 23.6. The second-order valence-corrected chi connectivity index (χ2v) is 10.8. The fourth-order valence-electron chi connectivity index (χ4n) is 6.36. The van der Waals surface area contributed by atoms with E-state index >= 15 is 0 Å². The summed E-state index contributed by atoms with van der Waals surface area (Å²) in [5.41, 5.74) is 9.33. The Kier molecular flexibility index (Phi) is 9.14. The molecule has 0 N–H and O–H groups in total. The maximum atomic E-state index is 11.8. The predicted molar refractivity (Wildman–Crippen MR) is 160 cm³/mol. The zero-order chi connectivity index (χ0) is 27.1. The van der Waals surface area contributed by atoms with E-state index < -0.39 is 0 Å². The van der Waals surface area contributed by atoms with Crippen LogP contribution in [0.3, 0.4) is 0 Å². The molecule has 0 aliphatic heterocycles. The Morgan fingerprint density at radius 1 is 0.816 bits per heavy atom. The van der Waals surface area contributed by atoms with E-state index in [1.165, 1.54) is 55.2 Å². The zero-order valence-corrected chi connectivity index (χ0v) is 23.6. The number of nitrogens with zero attached hydrogens (tertiary/aromatic N) is 2. The molecule has 0 unspecified atom stereocenters. The predicted octanol–water partition coefficient (Wildman–Crippen LogP) is 9.58. The van der Waals surface area contributed by atoms with E-state index in [0.717, 1.165) is 53.6 Å². The molecule has 38 heavy (non-hydrogen) atoms. The van der Waals surface area contributed by atoms with Crippen LogP contribution in [0.5, 0.6) is 0 Å². The Morgan fingerprint density at radius 3 is 2.00 bits per heavy atom. The van der Waals surface area contributed by atoms with Gasteiger partial charge in [0.1, 0.15) is 0 Å². The van der Waals surface area contributed by atoms with Crippen LogP contribution in [0.2, 0.25) is 0 Å². The molecule has 3 aromatic rings. The highest BCUT2D eigenvalue weighted by Gasteiger charge is 2.43. The highest BCUT2D eigenvalue weighted by atomic mass is 16.6. The van der Waals surface area contributed by atoms with Gasteiger partial charge in [0.2, 0.25) is 0 Å². The number of unbranched alkanes of at least 4 members (excludes halogenated alkanes) is 6. The van der Waals surface area contributed by atoms with Gasteiger partial charge in [-0.2, -0.15) is 0 Å². The van der Waals surface area contributed by atoms with E-state index in [1.807, 2.05) is 19.2 Å². The van der Waals surface area contributed by atoms with E-state index in [0.29, 0.717) is 0 Å². The molecule has 0 bridgehead atoms. The summed E-state index contributed by atoms with van der Waals surface area (Å²) >= 11 is 0. The van der Waals surface area contributed by atoms with Crippen molar-refractivity contribution in [2.24, 2.45) is 4.99 Å². The van der Waals surface area contributed by atoms with Gasteiger partial charge in [-0.05, 0) is 59.7 Å². The van der Waals surface area contributed by atoms with E-state index in [-0.39, 0.29) is 16.0 Å². The van der Waals surface area contributed by atoms with Crippen molar-refractivity contribution in [3.05, 3.63) is 98.6 Å². The molecule has 0 atom stereocenters. The van der Waals surface area contributed by atoms with Gasteiger partial charge < -0.3 is 0 Å². The van der Waals surface area contributed by atoms with Crippen LogP contribution in [0.25, 0.3) is 11.1 Å². The Balaban J connectivity index is 1.88. The van der Waals surface area contributed by atoms with Crippen LogP contribution in [0.4, 0.5) is 5.69 Å². The molecular weight excluding hydrogens is 468 g/mol. The first-order chi connectivity index (χ1) is 18.5. The molecule has 0 spiro atoms. The van der Waals surface area contributed by atoms with Crippen molar-refractivity contribution in [1.29, 1.82) is 0 Å². The van der Waals surface area contributed by atoms with Crippen LogP contribution in [-0.4, -0.2) is 17.7 Å². The Labute approximate surface area is 228 Å². The van der Waals surface area contributed by atoms with Crippen molar-refractivity contribution in [3.63, 3.8) is 0 Å². The minimum absolute atomic E-state index is 0.194. The second-order valence-electron chi connectivity index (χ2n) is 10.8. The minimum atomic E-state index is -0.242. The molecule has 0 radical (unpaired) electrons. The minimum Gasteiger partial charge on any atom is -0.287 e. The normalized spacial score (nSPS) is 13.8. The van der Waals surface area contributed by atoms with Crippen molar-refractivity contribution in [1.82, 2.24) is 0 Å². The first kappa shape index (κ1) is 27.8. The molecular formula is C34H42N2O2. The molecule has 1 aliphatic rings. The number of aryl methyl sites for hydroxylation is 1. The van der Waals surface area contributed by atoms with E-state index in [2.05, 4.69) is 63.2 Å². The molecule has 0 fully saturated rings. The number of nitro benzene ring substituents is 1. The average molecular weight is 511 g/mol. The summed E-state index contributed by atoms with van der Waals surface area (Å²) in [5, 5.41) is 11.8. The van der Waals surface area contributed by atoms with Crippen LogP contribution >= 0.6 is 0 Å². The molecule has 0 amide bonds. The quantitative estimate of drug-likeness (QED) is 0.0994. The summed E-state index contributed by atoms with van der Waals surface area (Å²) in [4.78, 5) is 16.4. The Bertz CT molecular complexity index is 1300. The van der Waals surface area contributed by atoms with E-state index in [9.17, 15) is 10.1 Å². The van der Waals surface area contributed by atoms with Gasteiger partial charge in [-0.1, -0.05) is 102 Å². The number of benzene rings is 3. The highest BCUT2D eigenvalue weighted by Crippen LogP contribution is 2.55. The Morgan fingerprint density at radius 2 is 1.42 bits per heavy atom.